The highest BCUT2D eigenvalue weighted by Crippen LogP contribution is 2.27. The molecular weight excluding hydrogens is 405 g/mol. The summed E-state index contributed by atoms with van der Waals surface area (Å²) in [5.74, 6) is -0.255. The first kappa shape index (κ1) is 23.1. The van der Waals surface area contributed by atoms with Crippen LogP contribution in [0.2, 0.25) is 0 Å². The molecule has 0 aliphatic carbocycles. The minimum Gasteiger partial charge on any atom is -0.342 e. The largest absolute Gasteiger partial charge is 0.342 e. The van der Waals surface area contributed by atoms with E-state index in [-0.39, 0.29) is 35.7 Å². The molecule has 6 nitrogen and oxygen atoms in total. The molecule has 1 aromatic carbocycles. The maximum Gasteiger partial charge on any atom is 0.243 e. The average Bonchev–Trinajstić information content (AvgIpc) is 2.68. The lowest BCUT2D eigenvalue weighted by Crippen LogP contribution is -2.49. The van der Waals surface area contributed by atoms with Crippen LogP contribution in [0.15, 0.2) is 29.2 Å². The summed E-state index contributed by atoms with van der Waals surface area (Å²) in [6.45, 7) is 2.97. The fourth-order valence-electron chi connectivity index (χ4n) is 4.10. The number of piperidine rings is 2. The van der Waals surface area contributed by atoms with Gasteiger partial charge >= 0.3 is 0 Å². The molecule has 2 atom stereocenters. The van der Waals surface area contributed by atoms with Gasteiger partial charge in [-0.3, -0.25) is 4.79 Å². The molecule has 2 fully saturated rings. The number of benzene rings is 1. The molecule has 9 heteroatoms. The number of nitrogens with one attached hydrogen (secondary N) is 1. The molecule has 0 radical (unpaired) electrons. The maximum atomic E-state index is 13.1. The normalized spacial score (nSPS) is 23.9. The SMILES string of the molecule is CNCC1CCCN(C(=O)C2CCCN(S(=O)(=O)c3ccc(F)cc3)C2)C1.Cl. The van der Waals surface area contributed by atoms with Gasteiger partial charge in [-0.1, -0.05) is 0 Å². The van der Waals surface area contributed by atoms with Crippen LogP contribution in [-0.2, 0) is 14.8 Å². The zero-order chi connectivity index (χ0) is 19.4. The number of sulfonamides is 1. The van der Waals surface area contributed by atoms with Gasteiger partial charge in [-0.05, 0) is 69.5 Å². The molecule has 1 N–H and O–H groups in total. The first-order chi connectivity index (χ1) is 12.9. The van der Waals surface area contributed by atoms with Crippen LogP contribution < -0.4 is 5.32 Å². The maximum absolute atomic E-state index is 13.1. The van der Waals surface area contributed by atoms with Crippen molar-refractivity contribution >= 4 is 28.3 Å². The Morgan fingerprint density at radius 2 is 1.82 bits per heavy atom. The predicted octanol–water partition coefficient (Wildman–Crippen LogP) is 2.11. The zero-order valence-electron chi connectivity index (χ0n) is 16.1. The van der Waals surface area contributed by atoms with Gasteiger partial charge < -0.3 is 10.2 Å². The highest BCUT2D eigenvalue weighted by atomic mass is 35.5. The number of halogens is 2. The summed E-state index contributed by atoms with van der Waals surface area (Å²) < 4.78 is 40.2. The Labute approximate surface area is 172 Å². The van der Waals surface area contributed by atoms with Gasteiger partial charge in [-0.25, -0.2) is 12.8 Å². The first-order valence-electron chi connectivity index (χ1n) is 9.61. The van der Waals surface area contributed by atoms with Crippen molar-refractivity contribution in [2.75, 3.05) is 39.8 Å². The molecule has 2 unspecified atom stereocenters. The molecule has 0 bridgehead atoms. The fraction of sp³-hybridized carbons (Fsp3) is 0.632. The van der Waals surface area contributed by atoms with Crippen LogP contribution in [0, 0.1) is 17.7 Å². The highest BCUT2D eigenvalue weighted by molar-refractivity contribution is 7.89. The molecule has 158 valence electrons. The predicted molar refractivity (Wildman–Crippen MR) is 108 cm³/mol. The summed E-state index contributed by atoms with van der Waals surface area (Å²) >= 11 is 0. The molecule has 28 heavy (non-hydrogen) atoms. The summed E-state index contributed by atoms with van der Waals surface area (Å²) in [5.41, 5.74) is 0. The van der Waals surface area contributed by atoms with Gasteiger partial charge in [0.25, 0.3) is 0 Å². The number of hydrogen-bond donors (Lipinski definition) is 1. The third-order valence-electron chi connectivity index (χ3n) is 5.51. The Hall–Kier alpha value is -1.22. The quantitative estimate of drug-likeness (QED) is 0.772. The summed E-state index contributed by atoms with van der Waals surface area (Å²) in [5, 5.41) is 3.17. The Balaban J connectivity index is 0.00000280. The summed E-state index contributed by atoms with van der Waals surface area (Å²) in [6.07, 6.45) is 3.47. The molecule has 1 amide bonds. The van der Waals surface area contributed by atoms with E-state index >= 15 is 0 Å². The highest BCUT2D eigenvalue weighted by Gasteiger charge is 2.36. The molecule has 3 rings (SSSR count). The van der Waals surface area contributed by atoms with Crippen molar-refractivity contribution in [3.05, 3.63) is 30.1 Å². The van der Waals surface area contributed by atoms with E-state index in [1.165, 1.54) is 16.4 Å². The molecule has 2 aliphatic rings. The standard InChI is InChI=1S/C19H28FN3O3S.ClH/c1-21-12-15-4-2-10-22(13-15)19(24)16-5-3-11-23(14-16)27(25,26)18-8-6-17(20)7-9-18;/h6-9,15-16,21H,2-5,10-14H2,1H3;1H. The molecule has 1 aromatic rings. The second-order valence-electron chi connectivity index (χ2n) is 7.51. The van der Waals surface area contributed by atoms with E-state index < -0.39 is 15.8 Å². The first-order valence-corrected chi connectivity index (χ1v) is 11.0. The van der Waals surface area contributed by atoms with E-state index in [0.717, 1.165) is 44.6 Å². The Morgan fingerprint density at radius 3 is 2.50 bits per heavy atom. The van der Waals surface area contributed by atoms with Gasteiger partial charge in [0.15, 0.2) is 0 Å². The minimum atomic E-state index is -3.71. The summed E-state index contributed by atoms with van der Waals surface area (Å²) in [4.78, 5) is 15.0. The van der Waals surface area contributed by atoms with Gasteiger partial charge in [0, 0.05) is 26.2 Å². The van der Waals surface area contributed by atoms with E-state index in [1.807, 2.05) is 11.9 Å². The van der Waals surface area contributed by atoms with Gasteiger partial charge in [-0.2, -0.15) is 4.31 Å². The van der Waals surface area contributed by atoms with E-state index in [9.17, 15) is 17.6 Å². The smallest absolute Gasteiger partial charge is 0.243 e. The van der Waals surface area contributed by atoms with E-state index in [0.29, 0.717) is 25.3 Å². The van der Waals surface area contributed by atoms with Crippen molar-refractivity contribution in [1.82, 2.24) is 14.5 Å². The third-order valence-corrected chi connectivity index (χ3v) is 7.39. The molecule has 0 spiro atoms. The van der Waals surface area contributed by atoms with Crippen LogP contribution >= 0.6 is 12.4 Å². The summed E-state index contributed by atoms with van der Waals surface area (Å²) in [7, 11) is -1.79. The Bertz CT molecular complexity index is 758. The second kappa shape index (κ2) is 10.0. The third kappa shape index (κ3) is 5.23. The average molecular weight is 434 g/mol. The monoisotopic (exact) mass is 433 g/mol. The number of amides is 1. The molecule has 0 saturated carbocycles. The number of likely N-dealkylation sites (tertiary alicyclic amines) is 1. The lowest BCUT2D eigenvalue weighted by atomic mass is 9.93. The van der Waals surface area contributed by atoms with Crippen LogP contribution in [0.25, 0.3) is 0 Å². The van der Waals surface area contributed by atoms with Crippen LogP contribution in [0.3, 0.4) is 0 Å². The topological polar surface area (TPSA) is 69.7 Å². The number of carbonyl (C=O) groups excluding carboxylic acids is 1. The van der Waals surface area contributed by atoms with Crippen molar-refractivity contribution in [1.29, 1.82) is 0 Å². The van der Waals surface area contributed by atoms with Crippen LogP contribution in [0.1, 0.15) is 25.7 Å². The number of carbonyl (C=O) groups is 1. The lowest BCUT2D eigenvalue weighted by molar-refractivity contribution is -0.138. The van der Waals surface area contributed by atoms with E-state index in [4.69, 9.17) is 0 Å². The Morgan fingerprint density at radius 1 is 1.14 bits per heavy atom. The molecule has 0 aromatic heterocycles. The van der Waals surface area contributed by atoms with Gasteiger partial charge in [-0.15, -0.1) is 12.4 Å². The number of rotatable bonds is 5. The molecular formula is C19H29ClFN3O3S. The number of hydrogen-bond acceptors (Lipinski definition) is 4. The van der Waals surface area contributed by atoms with Crippen molar-refractivity contribution in [3.63, 3.8) is 0 Å². The van der Waals surface area contributed by atoms with Gasteiger partial charge in [0.05, 0.1) is 10.8 Å². The van der Waals surface area contributed by atoms with Crippen molar-refractivity contribution in [2.24, 2.45) is 11.8 Å². The zero-order valence-corrected chi connectivity index (χ0v) is 17.8. The van der Waals surface area contributed by atoms with Crippen molar-refractivity contribution in [3.8, 4) is 0 Å². The van der Waals surface area contributed by atoms with Crippen molar-refractivity contribution in [2.45, 2.75) is 30.6 Å². The van der Waals surface area contributed by atoms with E-state index in [1.54, 1.807) is 0 Å². The Kier molecular flexibility index (Phi) is 8.24. The lowest BCUT2D eigenvalue weighted by Gasteiger charge is -2.38. The van der Waals surface area contributed by atoms with E-state index in [2.05, 4.69) is 5.32 Å². The van der Waals surface area contributed by atoms with Gasteiger partial charge in [0.1, 0.15) is 5.82 Å². The minimum absolute atomic E-state index is 0. The second-order valence-corrected chi connectivity index (χ2v) is 9.44. The summed E-state index contributed by atoms with van der Waals surface area (Å²) in [6, 6.07) is 4.86. The van der Waals surface area contributed by atoms with Crippen molar-refractivity contribution < 1.29 is 17.6 Å². The van der Waals surface area contributed by atoms with Crippen LogP contribution in [-0.4, -0.2) is 63.3 Å². The van der Waals surface area contributed by atoms with Crippen LogP contribution in [0.4, 0.5) is 4.39 Å². The van der Waals surface area contributed by atoms with Gasteiger partial charge in [0.2, 0.25) is 15.9 Å². The number of nitrogens with zero attached hydrogens (tertiary/aromatic N) is 2. The fourth-order valence-corrected chi connectivity index (χ4v) is 5.62. The molecule has 2 saturated heterocycles. The van der Waals surface area contributed by atoms with Crippen LogP contribution in [0.5, 0.6) is 0 Å². The molecule has 2 heterocycles. The molecule has 2 aliphatic heterocycles.